The Morgan fingerprint density at radius 1 is 1.00 bits per heavy atom. The molecule has 0 unspecified atom stereocenters. The number of carbonyl (C=O) groups excluding carboxylic acids is 1. The quantitative estimate of drug-likeness (QED) is 0.667. The van der Waals surface area contributed by atoms with Gasteiger partial charge in [-0.15, -0.1) is 0 Å². The van der Waals surface area contributed by atoms with Crippen molar-refractivity contribution in [3.63, 3.8) is 0 Å². The number of carboxylic acids is 1. The van der Waals surface area contributed by atoms with Crippen LogP contribution >= 0.6 is 0 Å². The summed E-state index contributed by atoms with van der Waals surface area (Å²) in [6.07, 6.45) is 0. The molecule has 0 atom stereocenters. The summed E-state index contributed by atoms with van der Waals surface area (Å²) >= 11 is 0. The van der Waals surface area contributed by atoms with Crippen LogP contribution < -0.4 is 11.5 Å². The van der Waals surface area contributed by atoms with Gasteiger partial charge in [-0.1, -0.05) is 30.3 Å². The Morgan fingerprint density at radius 2 is 1.69 bits per heavy atom. The lowest BCUT2D eigenvalue weighted by Gasteiger charge is -2.11. The summed E-state index contributed by atoms with van der Waals surface area (Å²) in [7, 11) is 0. The third kappa shape index (κ3) is 3.10. The Bertz CT molecular complexity index is 1020. The average molecular weight is 351 g/mol. The van der Waals surface area contributed by atoms with E-state index in [2.05, 4.69) is 4.98 Å². The predicted octanol–water partition coefficient (Wildman–Crippen LogP) is 2.93. The SMILES string of the molecule is NC(=O)c1cc(-c2ccccc2)cc(-c2ccc(N)c(C(=O)O)n2)c1F. The molecule has 0 bridgehead atoms. The van der Waals surface area contributed by atoms with E-state index in [1.807, 2.05) is 6.07 Å². The second kappa shape index (κ2) is 6.64. The smallest absolute Gasteiger partial charge is 0.356 e. The standard InChI is InChI=1S/C19H14FN3O3/c20-16-12(15-7-6-14(21)17(23-15)19(25)26)8-11(9-13(16)18(22)24)10-4-2-1-3-5-10/h1-9H,21H2,(H2,22,24)(H,25,26). The van der Waals surface area contributed by atoms with Crippen molar-refractivity contribution in [1.82, 2.24) is 4.98 Å². The van der Waals surface area contributed by atoms with Crippen molar-refractivity contribution in [1.29, 1.82) is 0 Å². The van der Waals surface area contributed by atoms with Crippen molar-refractivity contribution < 1.29 is 19.1 Å². The largest absolute Gasteiger partial charge is 0.476 e. The zero-order valence-corrected chi connectivity index (χ0v) is 13.4. The molecule has 130 valence electrons. The van der Waals surface area contributed by atoms with Crippen molar-refractivity contribution in [3.8, 4) is 22.4 Å². The maximum atomic E-state index is 14.8. The number of primary amides is 1. The van der Waals surface area contributed by atoms with Gasteiger partial charge in [0.05, 0.1) is 16.9 Å². The number of hydrogen-bond acceptors (Lipinski definition) is 4. The molecule has 7 heteroatoms. The Balaban J connectivity index is 2.27. The first-order chi connectivity index (χ1) is 12.4. The minimum atomic E-state index is -1.33. The molecule has 3 rings (SSSR count). The van der Waals surface area contributed by atoms with E-state index in [9.17, 15) is 19.1 Å². The number of pyridine rings is 1. The van der Waals surface area contributed by atoms with Gasteiger partial charge in [0.1, 0.15) is 5.82 Å². The van der Waals surface area contributed by atoms with Gasteiger partial charge in [-0.3, -0.25) is 4.79 Å². The lowest BCUT2D eigenvalue weighted by atomic mass is 9.97. The molecule has 0 aliphatic rings. The number of carboxylic acid groups (broad SMARTS) is 1. The zero-order chi connectivity index (χ0) is 18.8. The molecule has 2 aromatic carbocycles. The molecular formula is C19H14FN3O3. The third-order valence-corrected chi connectivity index (χ3v) is 3.85. The summed E-state index contributed by atoms with van der Waals surface area (Å²) in [5.41, 5.74) is 11.4. The molecule has 6 nitrogen and oxygen atoms in total. The van der Waals surface area contributed by atoms with Crippen LogP contribution in [-0.2, 0) is 0 Å². The molecule has 1 aromatic heterocycles. The lowest BCUT2D eigenvalue weighted by Crippen LogP contribution is -2.14. The van der Waals surface area contributed by atoms with Gasteiger partial charge in [0.25, 0.3) is 5.91 Å². The van der Waals surface area contributed by atoms with Gasteiger partial charge in [-0.05, 0) is 35.4 Å². The molecule has 0 fully saturated rings. The fraction of sp³-hybridized carbons (Fsp3) is 0. The summed E-state index contributed by atoms with van der Waals surface area (Å²) in [5, 5.41) is 9.17. The van der Waals surface area contributed by atoms with Gasteiger partial charge >= 0.3 is 5.97 Å². The number of amides is 1. The predicted molar refractivity (Wildman–Crippen MR) is 95.0 cm³/mol. The van der Waals surface area contributed by atoms with Crippen molar-refractivity contribution in [2.24, 2.45) is 5.73 Å². The van der Waals surface area contributed by atoms with E-state index in [0.29, 0.717) is 5.56 Å². The van der Waals surface area contributed by atoms with Crippen LogP contribution in [0, 0.1) is 5.82 Å². The van der Waals surface area contributed by atoms with E-state index < -0.39 is 23.4 Å². The molecule has 0 saturated carbocycles. The maximum Gasteiger partial charge on any atom is 0.356 e. The number of nitrogens with zero attached hydrogens (tertiary/aromatic N) is 1. The van der Waals surface area contributed by atoms with E-state index in [1.54, 1.807) is 24.3 Å². The summed E-state index contributed by atoms with van der Waals surface area (Å²) in [6.45, 7) is 0. The number of anilines is 1. The van der Waals surface area contributed by atoms with Crippen LogP contribution in [0.1, 0.15) is 20.8 Å². The first-order valence-corrected chi connectivity index (χ1v) is 7.57. The number of hydrogen-bond donors (Lipinski definition) is 3. The highest BCUT2D eigenvalue weighted by atomic mass is 19.1. The fourth-order valence-corrected chi connectivity index (χ4v) is 2.58. The first-order valence-electron chi connectivity index (χ1n) is 7.57. The van der Waals surface area contributed by atoms with Crippen molar-refractivity contribution in [2.45, 2.75) is 0 Å². The lowest BCUT2D eigenvalue weighted by molar-refractivity contribution is 0.0691. The molecule has 1 heterocycles. The second-order valence-electron chi connectivity index (χ2n) is 5.56. The Kier molecular flexibility index (Phi) is 4.36. The van der Waals surface area contributed by atoms with Crippen LogP contribution in [-0.4, -0.2) is 22.0 Å². The first kappa shape index (κ1) is 17.1. The molecule has 0 saturated heterocycles. The highest BCUT2D eigenvalue weighted by molar-refractivity contribution is 5.97. The molecule has 0 spiro atoms. The molecule has 3 aromatic rings. The molecule has 0 aliphatic heterocycles. The molecule has 1 amide bonds. The summed E-state index contributed by atoms with van der Waals surface area (Å²) in [4.78, 5) is 26.8. The Labute approximate surface area is 147 Å². The van der Waals surface area contributed by atoms with Gasteiger partial charge < -0.3 is 16.6 Å². The van der Waals surface area contributed by atoms with Crippen molar-refractivity contribution in [3.05, 3.63) is 71.7 Å². The monoisotopic (exact) mass is 351 g/mol. The number of aromatic carboxylic acids is 1. The van der Waals surface area contributed by atoms with Crippen LogP contribution in [0.5, 0.6) is 0 Å². The summed E-state index contributed by atoms with van der Waals surface area (Å²) < 4.78 is 14.8. The van der Waals surface area contributed by atoms with Gasteiger partial charge in [-0.2, -0.15) is 0 Å². The summed E-state index contributed by atoms with van der Waals surface area (Å²) in [5.74, 6) is -3.14. The minimum absolute atomic E-state index is 0.0365. The van der Waals surface area contributed by atoms with Gasteiger partial charge in [0.15, 0.2) is 5.69 Å². The van der Waals surface area contributed by atoms with Crippen LogP contribution in [0.3, 0.4) is 0 Å². The molecule has 0 radical (unpaired) electrons. The fourth-order valence-electron chi connectivity index (χ4n) is 2.58. The van der Waals surface area contributed by atoms with Crippen LogP contribution in [0.4, 0.5) is 10.1 Å². The molecule has 26 heavy (non-hydrogen) atoms. The van der Waals surface area contributed by atoms with E-state index in [4.69, 9.17) is 11.5 Å². The van der Waals surface area contributed by atoms with E-state index in [0.717, 1.165) is 5.56 Å². The van der Waals surface area contributed by atoms with E-state index in [-0.39, 0.29) is 22.5 Å². The normalized spacial score (nSPS) is 10.5. The van der Waals surface area contributed by atoms with Crippen LogP contribution in [0.25, 0.3) is 22.4 Å². The van der Waals surface area contributed by atoms with E-state index in [1.165, 1.54) is 24.3 Å². The number of carbonyl (C=O) groups is 2. The number of nitrogen functional groups attached to an aromatic ring is 1. The highest BCUT2D eigenvalue weighted by Crippen LogP contribution is 2.31. The number of nitrogens with two attached hydrogens (primary N) is 2. The maximum absolute atomic E-state index is 14.8. The number of benzene rings is 2. The van der Waals surface area contributed by atoms with E-state index >= 15 is 0 Å². The van der Waals surface area contributed by atoms with Gasteiger partial charge in [-0.25, -0.2) is 14.2 Å². The van der Waals surface area contributed by atoms with Crippen molar-refractivity contribution >= 4 is 17.6 Å². The van der Waals surface area contributed by atoms with Crippen LogP contribution in [0.2, 0.25) is 0 Å². The summed E-state index contributed by atoms with van der Waals surface area (Å²) in [6, 6.07) is 14.6. The number of rotatable bonds is 4. The van der Waals surface area contributed by atoms with Crippen molar-refractivity contribution in [2.75, 3.05) is 5.73 Å². The van der Waals surface area contributed by atoms with Gasteiger partial charge in [0, 0.05) is 5.56 Å². The molecule has 5 N–H and O–H groups in total. The minimum Gasteiger partial charge on any atom is -0.476 e. The number of halogens is 1. The second-order valence-corrected chi connectivity index (χ2v) is 5.56. The topological polar surface area (TPSA) is 119 Å². The van der Waals surface area contributed by atoms with Gasteiger partial charge in [0.2, 0.25) is 0 Å². The zero-order valence-electron chi connectivity index (χ0n) is 13.4. The molecule has 0 aliphatic carbocycles. The molecular weight excluding hydrogens is 337 g/mol. The Hall–Kier alpha value is -3.74. The highest BCUT2D eigenvalue weighted by Gasteiger charge is 2.19. The van der Waals surface area contributed by atoms with Crippen LogP contribution in [0.15, 0.2) is 54.6 Å². The third-order valence-electron chi connectivity index (χ3n) is 3.85. The average Bonchev–Trinajstić information content (AvgIpc) is 2.62. The number of aromatic nitrogens is 1. The Morgan fingerprint density at radius 3 is 2.31 bits per heavy atom.